The number of benzene rings is 1. The second-order valence-corrected chi connectivity index (χ2v) is 5.48. The minimum atomic E-state index is -0.224. The van der Waals surface area contributed by atoms with Crippen LogP contribution in [-0.4, -0.2) is 35.6 Å². The lowest BCUT2D eigenvalue weighted by atomic mass is 9.90. The van der Waals surface area contributed by atoms with Crippen molar-refractivity contribution in [3.8, 4) is 5.75 Å². The number of aliphatic hydroxyl groups is 1. The summed E-state index contributed by atoms with van der Waals surface area (Å²) in [6.07, 6.45) is 1.67. The van der Waals surface area contributed by atoms with Crippen molar-refractivity contribution in [1.29, 1.82) is 0 Å². The van der Waals surface area contributed by atoms with Crippen LogP contribution in [0.15, 0.2) is 12.1 Å². The van der Waals surface area contributed by atoms with Crippen LogP contribution in [0.5, 0.6) is 5.75 Å². The van der Waals surface area contributed by atoms with Crippen molar-refractivity contribution in [3.63, 3.8) is 0 Å². The number of nitrogens with one attached hydrogen (secondary N) is 1. The van der Waals surface area contributed by atoms with Gasteiger partial charge in [-0.2, -0.15) is 0 Å². The molecule has 1 heterocycles. The SMILES string of the molecule is Cc1cc(CNC2(CO)CCOCC2)cc(C)c1O. The topological polar surface area (TPSA) is 61.7 Å². The van der Waals surface area contributed by atoms with Gasteiger partial charge < -0.3 is 20.3 Å². The molecule has 0 bridgehead atoms. The Morgan fingerprint density at radius 2 is 1.79 bits per heavy atom. The van der Waals surface area contributed by atoms with Crippen molar-refractivity contribution in [3.05, 3.63) is 28.8 Å². The third-order valence-electron chi connectivity index (χ3n) is 3.97. The van der Waals surface area contributed by atoms with Gasteiger partial charge in [-0.1, -0.05) is 12.1 Å². The van der Waals surface area contributed by atoms with Gasteiger partial charge in [0, 0.05) is 25.3 Å². The molecule has 0 aliphatic carbocycles. The molecular weight excluding hydrogens is 242 g/mol. The Bertz CT molecular complexity index is 416. The quantitative estimate of drug-likeness (QED) is 0.774. The summed E-state index contributed by atoms with van der Waals surface area (Å²) in [6, 6.07) is 3.97. The van der Waals surface area contributed by atoms with E-state index in [0.29, 0.717) is 25.5 Å². The summed E-state index contributed by atoms with van der Waals surface area (Å²) in [4.78, 5) is 0. The second kappa shape index (κ2) is 5.90. The highest BCUT2D eigenvalue weighted by Crippen LogP contribution is 2.24. The average Bonchev–Trinajstić information content (AvgIpc) is 2.43. The number of hydrogen-bond acceptors (Lipinski definition) is 4. The predicted molar refractivity (Wildman–Crippen MR) is 74.3 cm³/mol. The van der Waals surface area contributed by atoms with E-state index in [1.54, 1.807) is 0 Å². The Labute approximate surface area is 114 Å². The third kappa shape index (κ3) is 3.26. The highest BCUT2D eigenvalue weighted by molar-refractivity contribution is 5.42. The lowest BCUT2D eigenvalue weighted by Crippen LogP contribution is -2.51. The third-order valence-corrected chi connectivity index (χ3v) is 3.97. The van der Waals surface area contributed by atoms with E-state index in [-0.39, 0.29) is 12.1 Å². The molecular formula is C15H23NO3. The number of phenols is 1. The first kappa shape index (κ1) is 14.3. The van der Waals surface area contributed by atoms with Crippen LogP contribution in [0.1, 0.15) is 29.5 Å². The van der Waals surface area contributed by atoms with Crippen LogP contribution in [0, 0.1) is 13.8 Å². The summed E-state index contributed by atoms with van der Waals surface area (Å²) in [7, 11) is 0. The van der Waals surface area contributed by atoms with Crippen molar-refractivity contribution in [1.82, 2.24) is 5.32 Å². The van der Waals surface area contributed by atoms with Crippen molar-refractivity contribution < 1.29 is 14.9 Å². The van der Waals surface area contributed by atoms with Crippen molar-refractivity contribution in [2.45, 2.75) is 38.8 Å². The summed E-state index contributed by atoms with van der Waals surface area (Å²) < 4.78 is 5.35. The molecule has 1 fully saturated rings. The van der Waals surface area contributed by atoms with Gasteiger partial charge in [0.2, 0.25) is 0 Å². The van der Waals surface area contributed by atoms with Gasteiger partial charge in [-0.15, -0.1) is 0 Å². The van der Waals surface area contributed by atoms with Gasteiger partial charge in [0.15, 0.2) is 0 Å². The van der Waals surface area contributed by atoms with E-state index < -0.39 is 0 Å². The number of aromatic hydroxyl groups is 1. The molecule has 0 unspecified atom stereocenters. The van der Waals surface area contributed by atoms with E-state index in [1.807, 2.05) is 26.0 Å². The van der Waals surface area contributed by atoms with Crippen molar-refractivity contribution >= 4 is 0 Å². The number of aryl methyl sites for hydroxylation is 2. The van der Waals surface area contributed by atoms with E-state index in [1.165, 1.54) is 0 Å². The van der Waals surface area contributed by atoms with Crippen LogP contribution in [0.4, 0.5) is 0 Å². The van der Waals surface area contributed by atoms with Gasteiger partial charge in [-0.05, 0) is 43.4 Å². The zero-order valence-corrected chi connectivity index (χ0v) is 11.7. The van der Waals surface area contributed by atoms with E-state index >= 15 is 0 Å². The fourth-order valence-electron chi connectivity index (χ4n) is 2.59. The summed E-state index contributed by atoms with van der Waals surface area (Å²) in [5.41, 5.74) is 2.69. The van der Waals surface area contributed by atoms with Crippen LogP contribution in [0.2, 0.25) is 0 Å². The van der Waals surface area contributed by atoms with Gasteiger partial charge in [0.05, 0.1) is 6.61 Å². The van der Waals surface area contributed by atoms with Gasteiger partial charge in [-0.3, -0.25) is 0 Å². The largest absolute Gasteiger partial charge is 0.507 e. The summed E-state index contributed by atoms with van der Waals surface area (Å²) in [5, 5.41) is 22.8. The molecule has 3 N–H and O–H groups in total. The minimum Gasteiger partial charge on any atom is -0.507 e. The van der Waals surface area contributed by atoms with Crippen LogP contribution < -0.4 is 5.32 Å². The Balaban J connectivity index is 2.05. The number of hydrogen-bond donors (Lipinski definition) is 3. The molecule has 1 aliphatic rings. The maximum Gasteiger partial charge on any atom is 0.121 e. The van der Waals surface area contributed by atoms with Crippen LogP contribution in [0.3, 0.4) is 0 Å². The van der Waals surface area contributed by atoms with Gasteiger partial charge >= 0.3 is 0 Å². The molecule has 0 atom stereocenters. The lowest BCUT2D eigenvalue weighted by molar-refractivity contribution is 0.0111. The van der Waals surface area contributed by atoms with E-state index in [2.05, 4.69) is 5.32 Å². The summed E-state index contributed by atoms with van der Waals surface area (Å²) in [5.74, 6) is 0.367. The van der Waals surface area contributed by atoms with E-state index in [4.69, 9.17) is 4.74 Å². The standard InChI is InChI=1S/C15H23NO3/c1-11-7-13(8-12(2)14(11)18)9-16-15(10-17)3-5-19-6-4-15/h7-8,16-18H,3-6,9-10H2,1-2H3. The number of rotatable bonds is 4. The maximum atomic E-state index is 9.77. The number of aliphatic hydroxyl groups excluding tert-OH is 1. The highest BCUT2D eigenvalue weighted by Gasteiger charge is 2.31. The lowest BCUT2D eigenvalue weighted by Gasteiger charge is -2.36. The first-order valence-electron chi connectivity index (χ1n) is 6.79. The molecule has 0 saturated carbocycles. The highest BCUT2D eigenvalue weighted by atomic mass is 16.5. The molecule has 4 heteroatoms. The molecule has 1 saturated heterocycles. The van der Waals surface area contributed by atoms with Crippen molar-refractivity contribution in [2.24, 2.45) is 0 Å². The summed E-state index contributed by atoms with van der Waals surface area (Å²) >= 11 is 0. The summed E-state index contributed by atoms with van der Waals surface area (Å²) in [6.45, 7) is 6.03. The molecule has 1 aromatic carbocycles. The Kier molecular flexibility index (Phi) is 4.45. The Hall–Kier alpha value is -1.10. The van der Waals surface area contributed by atoms with Gasteiger partial charge in [0.25, 0.3) is 0 Å². The fourth-order valence-corrected chi connectivity index (χ4v) is 2.59. The molecule has 0 amide bonds. The molecule has 1 aromatic rings. The molecule has 106 valence electrons. The first-order valence-corrected chi connectivity index (χ1v) is 6.79. The average molecular weight is 265 g/mol. The molecule has 1 aliphatic heterocycles. The second-order valence-electron chi connectivity index (χ2n) is 5.48. The van der Waals surface area contributed by atoms with Crippen molar-refractivity contribution in [2.75, 3.05) is 19.8 Å². The van der Waals surface area contributed by atoms with Crippen LogP contribution in [0.25, 0.3) is 0 Å². The molecule has 19 heavy (non-hydrogen) atoms. The molecule has 0 spiro atoms. The van der Waals surface area contributed by atoms with Crippen LogP contribution in [-0.2, 0) is 11.3 Å². The molecule has 4 nitrogen and oxygen atoms in total. The number of ether oxygens (including phenoxy) is 1. The first-order chi connectivity index (χ1) is 9.06. The van der Waals surface area contributed by atoms with E-state index in [9.17, 15) is 10.2 Å². The smallest absolute Gasteiger partial charge is 0.121 e. The maximum absolute atomic E-state index is 9.77. The van der Waals surface area contributed by atoms with E-state index in [0.717, 1.165) is 29.5 Å². The fraction of sp³-hybridized carbons (Fsp3) is 0.600. The minimum absolute atomic E-state index is 0.131. The zero-order valence-electron chi connectivity index (χ0n) is 11.7. The molecule has 0 aromatic heterocycles. The Morgan fingerprint density at radius 1 is 1.21 bits per heavy atom. The Morgan fingerprint density at radius 3 is 2.32 bits per heavy atom. The van der Waals surface area contributed by atoms with Gasteiger partial charge in [0.1, 0.15) is 5.75 Å². The zero-order chi connectivity index (χ0) is 13.9. The molecule has 2 rings (SSSR count). The molecule has 0 radical (unpaired) electrons. The normalized spacial score (nSPS) is 18.5. The predicted octanol–water partition coefficient (Wildman–Crippen LogP) is 1.64. The van der Waals surface area contributed by atoms with Gasteiger partial charge in [-0.25, -0.2) is 0 Å². The number of phenolic OH excluding ortho intramolecular Hbond substituents is 1. The monoisotopic (exact) mass is 265 g/mol. The van der Waals surface area contributed by atoms with Crippen LogP contribution >= 0.6 is 0 Å².